The van der Waals surface area contributed by atoms with Crippen molar-refractivity contribution in [3.8, 4) is 11.8 Å². The largest absolute Gasteiger partial charge is 0.492 e. The third kappa shape index (κ3) is 4.34. The molecule has 0 fully saturated rings. The van der Waals surface area contributed by atoms with Crippen LogP contribution in [0, 0.1) is 18.3 Å². The van der Waals surface area contributed by atoms with E-state index in [1.165, 1.54) is 5.56 Å². The molecule has 22 heavy (non-hydrogen) atoms. The summed E-state index contributed by atoms with van der Waals surface area (Å²) in [6.45, 7) is 7.67. The number of hydrogen-bond donors (Lipinski definition) is 1. The lowest BCUT2D eigenvalue weighted by atomic mass is 10.2. The van der Waals surface area contributed by atoms with Gasteiger partial charge in [0.05, 0.1) is 23.9 Å². The van der Waals surface area contributed by atoms with E-state index in [-0.39, 0.29) is 6.04 Å². The number of hydrogen-bond acceptors (Lipinski definition) is 4. The van der Waals surface area contributed by atoms with E-state index in [4.69, 9.17) is 10.00 Å². The Kier molecular flexibility index (Phi) is 5.56. The minimum Gasteiger partial charge on any atom is -0.492 e. The molecule has 2 aromatic rings. The highest BCUT2D eigenvalue weighted by Crippen LogP contribution is 2.12. The van der Waals surface area contributed by atoms with Crippen molar-refractivity contribution in [2.24, 2.45) is 0 Å². The van der Waals surface area contributed by atoms with Crippen LogP contribution in [0.25, 0.3) is 0 Å². The summed E-state index contributed by atoms with van der Waals surface area (Å²) >= 11 is 0. The maximum Gasteiger partial charge on any atom is 0.119 e. The van der Waals surface area contributed by atoms with Crippen LogP contribution in [0.15, 0.2) is 36.7 Å². The van der Waals surface area contributed by atoms with Crippen LogP contribution < -0.4 is 10.1 Å². The van der Waals surface area contributed by atoms with Gasteiger partial charge in [-0.05, 0) is 50.6 Å². The van der Waals surface area contributed by atoms with Gasteiger partial charge < -0.3 is 10.1 Å². The predicted octanol–water partition coefficient (Wildman–Crippen LogP) is 2.68. The van der Waals surface area contributed by atoms with Gasteiger partial charge in [0, 0.05) is 18.8 Å². The minimum atomic E-state index is 0.281. The van der Waals surface area contributed by atoms with Crippen LogP contribution in [-0.4, -0.2) is 29.0 Å². The highest BCUT2D eigenvalue weighted by atomic mass is 16.5. The normalized spacial score (nSPS) is 13.4. The molecular weight excluding hydrogens is 276 g/mol. The number of rotatable bonds is 7. The molecule has 5 nitrogen and oxygen atoms in total. The third-order valence-electron chi connectivity index (χ3n) is 3.69. The molecule has 0 aliphatic rings. The summed E-state index contributed by atoms with van der Waals surface area (Å²) in [4.78, 5) is 0. The molecule has 1 aromatic heterocycles. The Morgan fingerprint density at radius 2 is 2.05 bits per heavy atom. The van der Waals surface area contributed by atoms with Crippen molar-refractivity contribution in [2.75, 3.05) is 13.2 Å². The second-order valence-electron chi connectivity index (χ2n) is 5.47. The predicted molar refractivity (Wildman–Crippen MR) is 85.8 cm³/mol. The van der Waals surface area contributed by atoms with Crippen LogP contribution in [-0.2, 0) is 0 Å². The summed E-state index contributed by atoms with van der Waals surface area (Å²) < 4.78 is 7.63. The van der Waals surface area contributed by atoms with Crippen LogP contribution in [0.4, 0.5) is 0 Å². The van der Waals surface area contributed by atoms with E-state index in [2.05, 4.69) is 36.5 Å². The van der Waals surface area contributed by atoms with Gasteiger partial charge in [-0.1, -0.05) is 0 Å². The van der Waals surface area contributed by atoms with Gasteiger partial charge in [0.15, 0.2) is 0 Å². The Balaban J connectivity index is 1.72. The molecule has 2 atom stereocenters. The highest BCUT2D eigenvalue weighted by molar-refractivity contribution is 5.34. The maximum atomic E-state index is 8.74. The smallest absolute Gasteiger partial charge is 0.119 e. The number of benzene rings is 1. The summed E-state index contributed by atoms with van der Waals surface area (Å²) in [5, 5.41) is 16.5. The first-order chi connectivity index (χ1) is 10.6. The summed E-state index contributed by atoms with van der Waals surface area (Å²) in [6.07, 6.45) is 3.92. The average molecular weight is 298 g/mol. The zero-order valence-corrected chi connectivity index (χ0v) is 13.3. The molecule has 1 heterocycles. The molecular formula is C17H22N4O. The quantitative estimate of drug-likeness (QED) is 0.798. The van der Waals surface area contributed by atoms with E-state index < -0.39 is 0 Å². The molecule has 0 unspecified atom stereocenters. The number of ether oxygens (including phenoxy) is 1. The van der Waals surface area contributed by atoms with Gasteiger partial charge in [0.1, 0.15) is 12.4 Å². The van der Waals surface area contributed by atoms with Crippen LogP contribution in [0.5, 0.6) is 5.75 Å². The number of nitriles is 1. The van der Waals surface area contributed by atoms with Crippen molar-refractivity contribution in [3.63, 3.8) is 0 Å². The SMILES string of the molecule is Cc1cnn([C@H](C)[C@H](C)NCCOc2ccc(C#N)cc2)c1. The van der Waals surface area contributed by atoms with Crippen LogP contribution in [0.2, 0.25) is 0 Å². The molecule has 1 N–H and O–H groups in total. The highest BCUT2D eigenvalue weighted by Gasteiger charge is 2.13. The lowest BCUT2D eigenvalue weighted by molar-refractivity contribution is 0.289. The molecule has 0 bridgehead atoms. The zero-order chi connectivity index (χ0) is 15.9. The number of aryl methyl sites for hydroxylation is 1. The Morgan fingerprint density at radius 1 is 1.32 bits per heavy atom. The van der Waals surface area contributed by atoms with Crippen LogP contribution in [0.3, 0.4) is 0 Å². The van der Waals surface area contributed by atoms with Crippen molar-refractivity contribution < 1.29 is 4.74 Å². The number of nitrogens with one attached hydrogen (secondary N) is 1. The van der Waals surface area contributed by atoms with Gasteiger partial charge >= 0.3 is 0 Å². The second kappa shape index (κ2) is 7.62. The van der Waals surface area contributed by atoms with Gasteiger partial charge in [-0.2, -0.15) is 10.4 Å². The molecule has 0 aliphatic carbocycles. The summed E-state index contributed by atoms with van der Waals surface area (Å²) in [5.41, 5.74) is 1.81. The van der Waals surface area contributed by atoms with Crippen molar-refractivity contribution in [3.05, 3.63) is 47.8 Å². The summed E-state index contributed by atoms with van der Waals surface area (Å²) in [7, 11) is 0. The van der Waals surface area contributed by atoms with Crippen LogP contribution in [0.1, 0.15) is 31.0 Å². The topological polar surface area (TPSA) is 62.9 Å². The summed E-state index contributed by atoms with van der Waals surface area (Å²) in [6, 6.07) is 9.81. The van der Waals surface area contributed by atoms with Crippen molar-refractivity contribution in [2.45, 2.75) is 32.9 Å². The van der Waals surface area contributed by atoms with Gasteiger partial charge in [-0.3, -0.25) is 4.68 Å². The first-order valence-corrected chi connectivity index (χ1v) is 7.47. The van der Waals surface area contributed by atoms with Crippen molar-refractivity contribution in [1.82, 2.24) is 15.1 Å². The maximum absolute atomic E-state index is 8.74. The van der Waals surface area contributed by atoms with Crippen LogP contribution >= 0.6 is 0 Å². The fraction of sp³-hybridized carbons (Fsp3) is 0.412. The monoisotopic (exact) mass is 298 g/mol. The zero-order valence-electron chi connectivity index (χ0n) is 13.3. The summed E-state index contributed by atoms with van der Waals surface area (Å²) in [5.74, 6) is 0.782. The van der Waals surface area contributed by atoms with E-state index in [0.717, 1.165) is 12.3 Å². The first kappa shape index (κ1) is 16.1. The van der Waals surface area contributed by atoms with Crippen molar-refractivity contribution in [1.29, 1.82) is 5.26 Å². The molecule has 0 saturated carbocycles. The molecule has 116 valence electrons. The van der Waals surface area contributed by atoms with Gasteiger partial charge in [0.2, 0.25) is 0 Å². The van der Waals surface area contributed by atoms with E-state index in [0.29, 0.717) is 18.2 Å². The standard InChI is InChI=1S/C17H22N4O/c1-13-11-20-21(12-13)15(3)14(2)19-8-9-22-17-6-4-16(10-18)5-7-17/h4-7,11-12,14-15,19H,8-9H2,1-3H3/t14-,15+/m0/s1. The van der Waals surface area contributed by atoms with E-state index in [9.17, 15) is 0 Å². The fourth-order valence-electron chi connectivity index (χ4n) is 2.14. The molecule has 0 saturated heterocycles. The second-order valence-corrected chi connectivity index (χ2v) is 5.47. The lowest BCUT2D eigenvalue weighted by Crippen LogP contribution is -2.36. The average Bonchev–Trinajstić information content (AvgIpc) is 2.97. The van der Waals surface area contributed by atoms with Gasteiger partial charge in [-0.25, -0.2) is 0 Å². The van der Waals surface area contributed by atoms with E-state index in [1.807, 2.05) is 29.9 Å². The van der Waals surface area contributed by atoms with Gasteiger partial charge in [-0.15, -0.1) is 0 Å². The van der Waals surface area contributed by atoms with E-state index in [1.54, 1.807) is 12.1 Å². The molecule has 0 aliphatic heterocycles. The molecule has 0 spiro atoms. The first-order valence-electron chi connectivity index (χ1n) is 7.47. The molecule has 1 aromatic carbocycles. The third-order valence-corrected chi connectivity index (χ3v) is 3.69. The Hall–Kier alpha value is -2.32. The number of nitrogens with zero attached hydrogens (tertiary/aromatic N) is 3. The number of aromatic nitrogens is 2. The lowest BCUT2D eigenvalue weighted by Gasteiger charge is -2.21. The Labute approximate surface area is 131 Å². The Morgan fingerprint density at radius 3 is 2.64 bits per heavy atom. The Bertz CT molecular complexity index is 627. The molecule has 2 rings (SSSR count). The van der Waals surface area contributed by atoms with E-state index >= 15 is 0 Å². The minimum absolute atomic E-state index is 0.281. The molecule has 0 amide bonds. The van der Waals surface area contributed by atoms with Crippen molar-refractivity contribution >= 4 is 0 Å². The molecule has 5 heteroatoms. The fourth-order valence-corrected chi connectivity index (χ4v) is 2.14. The molecule has 0 radical (unpaired) electrons. The van der Waals surface area contributed by atoms with Gasteiger partial charge in [0.25, 0.3) is 0 Å².